The summed E-state index contributed by atoms with van der Waals surface area (Å²) < 4.78 is 5.51. The van der Waals surface area contributed by atoms with Gasteiger partial charge < -0.3 is 14.5 Å². The molecule has 5 nitrogen and oxygen atoms in total. The van der Waals surface area contributed by atoms with Crippen LogP contribution in [0.2, 0.25) is 0 Å². The molecule has 0 unspecified atom stereocenters. The van der Waals surface area contributed by atoms with E-state index in [0.29, 0.717) is 13.1 Å². The average Bonchev–Trinajstić information content (AvgIpc) is 2.88. The van der Waals surface area contributed by atoms with Gasteiger partial charge >= 0.3 is 6.09 Å². The fourth-order valence-electron chi connectivity index (χ4n) is 4.34. The summed E-state index contributed by atoms with van der Waals surface area (Å²) in [6, 6.07) is 8.34. The number of rotatable bonds is 1. The predicted octanol–water partition coefficient (Wildman–Crippen LogP) is 3.53. The van der Waals surface area contributed by atoms with Crippen molar-refractivity contribution >= 4 is 12.0 Å². The Labute approximate surface area is 156 Å². The third-order valence-electron chi connectivity index (χ3n) is 5.61. The lowest BCUT2D eigenvalue weighted by Crippen LogP contribution is -2.46. The fraction of sp³-hybridized carbons (Fsp3) is 0.619. The number of piperidine rings is 1. The van der Waals surface area contributed by atoms with Gasteiger partial charge in [0.15, 0.2) is 0 Å². The number of carbonyl (C=O) groups excluding carboxylic acids is 2. The van der Waals surface area contributed by atoms with E-state index in [0.717, 1.165) is 24.8 Å². The molecule has 0 aromatic heterocycles. The largest absolute Gasteiger partial charge is 0.444 e. The summed E-state index contributed by atoms with van der Waals surface area (Å²) in [5, 5.41) is 0. The Hall–Kier alpha value is -2.04. The van der Waals surface area contributed by atoms with Gasteiger partial charge in [-0.05, 0) is 51.2 Å². The van der Waals surface area contributed by atoms with Crippen molar-refractivity contribution < 1.29 is 14.3 Å². The Morgan fingerprint density at radius 3 is 2.35 bits per heavy atom. The smallest absolute Gasteiger partial charge is 0.410 e. The van der Waals surface area contributed by atoms with Gasteiger partial charge in [-0.15, -0.1) is 0 Å². The number of likely N-dealkylation sites (tertiary alicyclic amines) is 1. The molecule has 1 aliphatic heterocycles. The normalized spacial score (nSPS) is 21.4. The summed E-state index contributed by atoms with van der Waals surface area (Å²) in [4.78, 5) is 28.6. The molecule has 1 fully saturated rings. The van der Waals surface area contributed by atoms with Crippen LogP contribution in [0.5, 0.6) is 0 Å². The molecule has 1 aromatic carbocycles. The minimum absolute atomic E-state index is 0.00849. The molecule has 2 aliphatic rings. The van der Waals surface area contributed by atoms with E-state index in [2.05, 4.69) is 18.2 Å². The lowest BCUT2D eigenvalue weighted by molar-refractivity contribution is -0.130. The lowest BCUT2D eigenvalue weighted by atomic mass is 9.73. The van der Waals surface area contributed by atoms with Gasteiger partial charge in [-0.2, -0.15) is 0 Å². The molecular formula is C21H30N2O3. The second-order valence-corrected chi connectivity index (χ2v) is 8.82. The summed E-state index contributed by atoms with van der Waals surface area (Å²) in [7, 11) is 3.64. The molecular weight excluding hydrogens is 328 g/mol. The maximum atomic E-state index is 12.7. The van der Waals surface area contributed by atoms with Crippen LogP contribution in [0.4, 0.5) is 4.79 Å². The van der Waals surface area contributed by atoms with Gasteiger partial charge in [0.25, 0.3) is 0 Å². The average molecular weight is 358 g/mol. The van der Waals surface area contributed by atoms with Crippen LogP contribution in [0.25, 0.3) is 0 Å². The molecule has 0 radical (unpaired) electrons. The first-order valence-electron chi connectivity index (χ1n) is 9.41. The number of hydrogen-bond donors (Lipinski definition) is 0. The molecule has 1 aliphatic carbocycles. The van der Waals surface area contributed by atoms with Crippen molar-refractivity contribution in [1.82, 2.24) is 9.80 Å². The zero-order valence-electron chi connectivity index (χ0n) is 16.5. The zero-order chi connectivity index (χ0) is 19.1. The van der Waals surface area contributed by atoms with Gasteiger partial charge in [0, 0.05) is 32.6 Å². The van der Waals surface area contributed by atoms with Gasteiger partial charge in [-0.3, -0.25) is 4.79 Å². The molecule has 1 aromatic rings. The van der Waals surface area contributed by atoms with Crippen LogP contribution >= 0.6 is 0 Å². The number of carbonyl (C=O) groups is 2. The monoisotopic (exact) mass is 358 g/mol. The van der Waals surface area contributed by atoms with Crippen LogP contribution in [0.1, 0.15) is 57.1 Å². The van der Waals surface area contributed by atoms with Crippen molar-refractivity contribution in [3.8, 4) is 0 Å². The number of hydrogen-bond acceptors (Lipinski definition) is 3. The molecule has 0 N–H and O–H groups in total. The molecule has 1 heterocycles. The van der Waals surface area contributed by atoms with Crippen LogP contribution < -0.4 is 0 Å². The highest BCUT2D eigenvalue weighted by molar-refractivity contribution is 5.85. The van der Waals surface area contributed by atoms with E-state index in [1.54, 1.807) is 9.80 Å². The maximum absolute atomic E-state index is 12.7. The molecule has 2 amide bonds. The molecule has 5 heteroatoms. The van der Waals surface area contributed by atoms with E-state index >= 15 is 0 Å². The van der Waals surface area contributed by atoms with E-state index in [-0.39, 0.29) is 23.3 Å². The molecule has 26 heavy (non-hydrogen) atoms. The first-order chi connectivity index (χ1) is 12.1. The van der Waals surface area contributed by atoms with Crippen LogP contribution in [0.15, 0.2) is 24.3 Å². The van der Waals surface area contributed by atoms with Gasteiger partial charge in [0.1, 0.15) is 5.60 Å². The minimum atomic E-state index is -0.477. The molecule has 1 spiro atoms. The Morgan fingerprint density at radius 2 is 1.77 bits per heavy atom. The van der Waals surface area contributed by atoms with E-state index in [1.165, 1.54) is 5.56 Å². The number of fused-ring (bicyclic) bond motifs is 2. The predicted molar refractivity (Wildman–Crippen MR) is 101 cm³/mol. The van der Waals surface area contributed by atoms with E-state index in [4.69, 9.17) is 4.74 Å². The number of ether oxygens (including phenoxy) is 1. The zero-order valence-corrected chi connectivity index (χ0v) is 16.5. The van der Waals surface area contributed by atoms with Crippen molar-refractivity contribution in [2.75, 3.05) is 27.2 Å². The summed E-state index contributed by atoms with van der Waals surface area (Å²) in [6.45, 7) is 7.02. The van der Waals surface area contributed by atoms with Gasteiger partial charge in [-0.1, -0.05) is 24.3 Å². The highest BCUT2D eigenvalue weighted by atomic mass is 16.6. The van der Waals surface area contributed by atoms with Crippen LogP contribution in [-0.2, 0) is 14.9 Å². The molecule has 0 saturated carbocycles. The number of benzene rings is 1. The highest BCUT2D eigenvalue weighted by Crippen LogP contribution is 2.52. The van der Waals surface area contributed by atoms with Gasteiger partial charge in [0.2, 0.25) is 5.91 Å². The molecule has 0 bridgehead atoms. The van der Waals surface area contributed by atoms with Crippen LogP contribution in [-0.4, -0.2) is 54.6 Å². The SMILES string of the molecule is CN(C)C(=O)[C@@H]1CC2(CCN(C(=O)OC(C)(C)C)CC2)c2ccccc21. The molecule has 1 atom stereocenters. The number of likely N-dealkylation sites (N-methyl/N-ethyl adjacent to an activating group) is 1. The molecule has 3 rings (SSSR count). The van der Waals surface area contributed by atoms with Crippen molar-refractivity contribution in [3.05, 3.63) is 35.4 Å². The summed E-state index contributed by atoms with van der Waals surface area (Å²) in [5.41, 5.74) is 1.97. The second-order valence-electron chi connectivity index (χ2n) is 8.82. The van der Waals surface area contributed by atoms with Crippen LogP contribution in [0.3, 0.4) is 0 Å². The van der Waals surface area contributed by atoms with E-state index in [1.807, 2.05) is 40.9 Å². The summed E-state index contributed by atoms with van der Waals surface area (Å²) in [6.07, 6.45) is 2.35. The Kier molecular flexibility index (Phi) is 4.76. The Balaban J connectivity index is 1.78. The molecule has 1 saturated heterocycles. The first kappa shape index (κ1) is 18.7. The first-order valence-corrected chi connectivity index (χ1v) is 9.41. The summed E-state index contributed by atoms with van der Waals surface area (Å²) >= 11 is 0. The van der Waals surface area contributed by atoms with Crippen molar-refractivity contribution in [1.29, 1.82) is 0 Å². The van der Waals surface area contributed by atoms with Crippen molar-refractivity contribution in [3.63, 3.8) is 0 Å². The highest BCUT2D eigenvalue weighted by Gasteiger charge is 2.48. The Morgan fingerprint density at radius 1 is 1.15 bits per heavy atom. The maximum Gasteiger partial charge on any atom is 0.410 e. The topological polar surface area (TPSA) is 49.9 Å². The second kappa shape index (κ2) is 6.60. The van der Waals surface area contributed by atoms with Crippen molar-refractivity contribution in [2.24, 2.45) is 0 Å². The lowest BCUT2D eigenvalue weighted by Gasteiger charge is -2.40. The third kappa shape index (κ3) is 3.44. The minimum Gasteiger partial charge on any atom is -0.444 e. The quantitative estimate of drug-likeness (QED) is 0.772. The number of amides is 2. The third-order valence-corrected chi connectivity index (χ3v) is 5.61. The van der Waals surface area contributed by atoms with E-state index in [9.17, 15) is 9.59 Å². The van der Waals surface area contributed by atoms with Crippen molar-refractivity contribution in [2.45, 2.75) is 57.0 Å². The van der Waals surface area contributed by atoms with E-state index < -0.39 is 5.60 Å². The van der Waals surface area contributed by atoms with Gasteiger partial charge in [-0.25, -0.2) is 4.79 Å². The number of nitrogens with zero attached hydrogens (tertiary/aromatic N) is 2. The standard InChI is InChI=1S/C21H30N2O3/c1-20(2,3)26-19(25)23-12-10-21(11-13-23)14-16(18(24)22(4)5)15-8-6-7-9-17(15)21/h6-9,16H,10-14H2,1-5H3/t16-/m1/s1. The Bertz CT molecular complexity index is 697. The molecule has 142 valence electrons. The fourth-order valence-corrected chi connectivity index (χ4v) is 4.34. The van der Waals surface area contributed by atoms with Crippen LogP contribution in [0, 0.1) is 0 Å². The van der Waals surface area contributed by atoms with Gasteiger partial charge in [0.05, 0.1) is 5.92 Å². The summed E-state index contributed by atoms with van der Waals surface area (Å²) in [5.74, 6) is 0.0955.